The molecule has 1 atom stereocenters. The lowest BCUT2D eigenvalue weighted by molar-refractivity contribution is -0.119. The summed E-state index contributed by atoms with van der Waals surface area (Å²) in [5.41, 5.74) is 5.96. The number of benzene rings is 1. The molecule has 2 rings (SSSR count). The summed E-state index contributed by atoms with van der Waals surface area (Å²) in [6.07, 6.45) is 0.0841. The molecule has 0 bridgehead atoms. The molecule has 7 nitrogen and oxygen atoms in total. The Bertz CT molecular complexity index is 527. The molecule has 1 saturated heterocycles. The van der Waals surface area contributed by atoms with Crippen LogP contribution in [0, 0.1) is 0 Å². The Morgan fingerprint density at radius 3 is 2.95 bits per heavy atom. The minimum Gasteiger partial charge on any atom is -0.495 e. The fourth-order valence-electron chi connectivity index (χ4n) is 2.12. The number of hydrogen-bond donors (Lipinski definition) is 3. The zero-order chi connectivity index (χ0) is 15.2. The van der Waals surface area contributed by atoms with Gasteiger partial charge in [-0.05, 0) is 18.2 Å². The number of carbonyl (C=O) groups is 2. The van der Waals surface area contributed by atoms with Crippen LogP contribution in [0.25, 0.3) is 0 Å². The largest absolute Gasteiger partial charge is 0.495 e. The fraction of sp³-hybridized carbons (Fsp3) is 0.429. The number of morpholine rings is 1. The Hall–Kier alpha value is -2.12. The minimum atomic E-state index is -0.562. The number of ether oxygens (including phenoxy) is 2. The van der Waals surface area contributed by atoms with Gasteiger partial charge in [0.05, 0.1) is 31.9 Å². The van der Waals surface area contributed by atoms with E-state index in [-0.39, 0.29) is 18.4 Å². The van der Waals surface area contributed by atoms with Gasteiger partial charge in [-0.25, -0.2) is 0 Å². The molecular formula is C14H19N3O4. The summed E-state index contributed by atoms with van der Waals surface area (Å²) in [5.74, 6) is -0.298. The third kappa shape index (κ3) is 4.17. The third-order valence-electron chi connectivity index (χ3n) is 3.18. The number of carbonyl (C=O) groups excluding carboxylic acids is 2. The third-order valence-corrected chi connectivity index (χ3v) is 3.18. The number of nitrogens with one attached hydrogen (secondary N) is 2. The van der Waals surface area contributed by atoms with Crippen molar-refractivity contribution in [3.8, 4) is 5.75 Å². The van der Waals surface area contributed by atoms with Crippen LogP contribution in [-0.4, -0.2) is 44.7 Å². The molecule has 1 aliphatic rings. The Morgan fingerprint density at radius 2 is 2.33 bits per heavy atom. The van der Waals surface area contributed by atoms with Crippen molar-refractivity contribution < 1.29 is 19.1 Å². The van der Waals surface area contributed by atoms with Gasteiger partial charge in [0.1, 0.15) is 5.75 Å². The highest BCUT2D eigenvalue weighted by atomic mass is 16.5. The van der Waals surface area contributed by atoms with Gasteiger partial charge in [-0.2, -0.15) is 0 Å². The lowest BCUT2D eigenvalue weighted by Crippen LogP contribution is -2.40. The maximum atomic E-state index is 12.0. The Kier molecular flexibility index (Phi) is 5.13. The lowest BCUT2D eigenvalue weighted by Gasteiger charge is -2.23. The molecule has 1 fully saturated rings. The second-order valence-electron chi connectivity index (χ2n) is 4.73. The van der Waals surface area contributed by atoms with Crippen molar-refractivity contribution in [2.75, 3.05) is 32.1 Å². The summed E-state index contributed by atoms with van der Waals surface area (Å²) in [6, 6.07) is 4.64. The predicted octanol–water partition coefficient (Wildman–Crippen LogP) is 0.111. The summed E-state index contributed by atoms with van der Waals surface area (Å²) >= 11 is 0. The molecule has 1 aromatic carbocycles. The molecule has 7 heteroatoms. The standard InChI is InChI=1S/C14H19N3O4/c1-20-12-3-2-9(14(15)19)6-11(12)17-13(18)7-10-8-16-4-5-21-10/h2-3,6,10,16H,4-5,7-8H2,1H3,(H2,15,19)(H,17,18). The van der Waals surface area contributed by atoms with Gasteiger partial charge in [-0.1, -0.05) is 0 Å². The van der Waals surface area contributed by atoms with Gasteiger partial charge in [0.15, 0.2) is 0 Å². The monoisotopic (exact) mass is 293 g/mol. The second-order valence-corrected chi connectivity index (χ2v) is 4.73. The molecule has 1 aliphatic heterocycles. The van der Waals surface area contributed by atoms with Crippen LogP contribution in [0.2, 0.25) is 0 Å². The Morgan fingerprint density at radius 1 is 1.52 bits per heavy atom. The van der Waals surface area contributed by atoms with Crippen molar-refractivity contribution in [2.24, 2.45) is 5.73 Å². The topological polar surface area (TPSA) is 103 Å². The van der Waals surface area contributed by atoms with Crippen molar-refractivity contribution in [2.45, 2.75) is 12.5 Å². The quantitative estimate of drug-likeness (QED) is 0.715. The zero-order valence-corrected chi connectivity index (χ0v) is 11.8. The number of nitrogens with two attached hydrogens (primary N) is 1. The Balaban J connectivity index is 2.04. The average Bonchev–Trinajstić information content (AvgIpc) is 2.48. The first-order chi connectivity index (χ1) is 10.1. The number of methoxy groups -OCH3 is 1. The van der Waals surface area contributed by atoms with E-state index < -0.39 is 5.91 Å². The first-order valence-electron chi connectivity index (χ1n) is 6.70. The van der Waals surface area contributed by atoms with Gasteiger partial charge in [-0.15, -0.1) is 0 Å². The molecule has 1 unspecified atom stereocenters. The second kappa shape index (κ2) is 7.05. The van der Waals surface area contributed by atoms with Crippen LogP contribution in [0.5, 0.6) is 5.75 Å². The molecule has 0 radical (unpaired) electrons. The van der Waals surface area contributed by atoms with Crippen LogP contribution in [0.3, 0.4) is 0 Å². The van der Waals surface area contributed by atoms with E-state index in [4.69, 9.17) is 15.2 Å². The average molecular weight is 293 g/mol. The summed E-state index contributed by atoms with van der Waals surface area (Å²) in [5, 5.41) is 5.88. The molecule has 0 spiro atoms. The zero-order valence-electron chi connectivity index (χ0n) is 11.8. The van der Waals surface area contributed by atoms with Gasteiger partial charge in [0, 0.05) is 18.7 Å². The molecule has 114 valence electrons. The van der Waals surface area contributed by atoms with Crippen LogP contribution in [0.4, 0.5) is 5.69 Å². The highest BCUT2D eigenvalue weighted by Crippen LogP contribution is 2.25. The summed E-state index contributed by atoms with van der Waals surface area (Å²) in [7, 11) is 1.49. The van der Waals surface area contributed by atoms with Gasteiger partial charge >= 0.3 is 0 Å². The van der Waals surface area contributed by atoms with Crippen molar-refractivity contribution >= 4 is 17.5 Å². The summed E-state index contributed by atoms with van der Waals surface area (Å²) < 4.78 is 10.6. The van der Waals surface area contributed by atoms with Crippen LogP contribution >= 0.6 is 0 Å². The van der Waals surface area contributed by atoms with E-state index in [2.05, 4.69) is 10.6 Å². The maximum absolute atomic E-state index is 12.0. The van der Waals surface area contributed by atoms with E-state index in [9.17, 15) is 9.59 Å². The van der Waals surface area contributed by atoms with Crippen molar-refractivity contribution in [1.82, 2.24) is 5.32 Å². The van der Waals surface area contributed by atoms with E-state index in [1.807, 2.05) is 0 Å². The molecule has 1 heterocycles. The van der Waals surface area contributed by atoms with Gasteiger partial charge in [0.2, 0.25) is 11.8 Å². The van der Waals surface area contributed by atoms with Crippen molar-refractivity contribution in [1.29, 1.82) is 0 Å². The van der Waals surface area contributed by atoms with Gasteiger partial charge < -0.3 is 25.8 Å². The fourth-order valence-corrected chi connectivity index (χ4v) is 2.12. The molecule has 21 heavy (non-hydrogen) atoms. The van der Waals surface area contributed by atoms with Crippen LogP contribution in [0.15, 0.2) is 18.2 Å². The van der Waals surface area contributed by atoms with E-state index in [1.54, 1.807) is 12.1 Å². The number of hydrogen-bond acceptors (Lipinski definition) is 5. The molecule has 0 saturated carbocycles. The van der Waals surface area contributed by atoms with E-state index in [0.29, 0.717) is 30.2 Å². The number of anilines is 1. The molecule has 2 amide bonds. The first kappa shape index (κ1) is 15.3. The van der Waals surface area contributed by atoms with Crippen molar-refractivity contribution in [3.63, 3.8) is 0 Å². The smallest absolute Gasteiger partial charge is 0.248 e. The first-order valence-corrected chi connectivity index (χ1v) is 6.70. The molecule has 1 aromatic rings. The van der Waals surface area contributed by atoms with Crippen molar-refractivity contribution in [3.05, 3.63) is 23.8 Å². The Labute approximate surface area is 122 Å². The highest BCUT2D eigenvalue weighted by Gasteiger charge is 2.18. The van der Waals surface area contributed by atoms with Crippen LogP contribution in [0.1, 0.15) is 16.8 Å². The van der Waals surface area contributed by atoms with Gasteiger partial charge in [-0.3, -0.25) is 9.59 Å². The maximum Gasteiger partial charge on any atom is 0.248 e. The number of primary amides is 1. The molecule has 0 aromatic heterocycles. The molecule has 4 N–H and O–H groups in total. The normalized spacial score (nSPS) is 18.0. The SMILES string of the molecule is COc1ccc(C(N)=O)cc1NC(=O)CC1CNCCO1. The van der Waals surface area contributed by atoms with E-state index >= 15 is 0 Å². The van der Waals surface area contributed by atoms with Gasteiger partial charge in [0.25, 0.3) is 0 Å². The molecular weight excluding hydrogens is 274 g/mol. The number of rotatable bonds is 5. The summed E-state index contributed by atoms with van der Waals surface area (Å²) in [6.45, 7) is 2.04. The van der Waals surface area contributed by atoms with Crippen LogP contribution in [-0.2, 0) is 9.53 Å². The lowest BCUT2D eigenvalue weighted by atomic mass is 10.1. The highest BCUT2D eigenvalue weighted by molar-refractivity contribution is 5.97. The summed E-state index contributed by atoms with van der Waals surface area (Å²) in [4.78, 5) is 23.2. The van der Waals surface area contributed by atoms with E-state index in [1.165, 1.54) is 13.2 Å². The predicted molar refractivity (Wildman–Crippen MR) is 77.4 cm³/mol. The van der Waals surface area contributed by atoms with E-state index in [0.717, 1.165) is 6.54 Å². The van der Waals surface area contributed by atoms with Crippen LogP contribution < -0.4 is 21.1 Å². The molecule has 0 aliphatic carbocycles. The number of amides is 2. The minimum absolute atomic E-state index is 0.149.